The van der Waals surface area contributed by atoms with Crippen LogP contribution in [0.5, 0.6) is 5.75 Å². The number of amides is 1. The van der Waals surface area contributed by atoms with Crippen molar-refractivity contribution in [3.05, 3.63) is 55.3 Å². The number of aryl methyl sites for hydroxylation is 3. The third kappa shape index (κ3) is 5.12. The molecule has 1 amide bonds. The summed E-state index contributed by atoms with van der Waals surface area (Å²) >= 11 is 1.28. The van der Waals surface area contributed by atoms with Gasteiger partial charge >= 0.3 is 0 Å². The van der Waals surface area contributed by atoms with Gasteiger partial charge in [-0.3, -0.25) is 14.9 Å². The second-order valence-corrected chi connectivity index (χ2v) is 6.56. The largest absolute Gasteiger partial charge is 0.484 e. The average Bonchev–Trinajstić information content (AvgIpc) is 2.99. The lowest BCUT2D eigenvalue weighted by Crippen LogP contribution is -2.24. The highest BCUT2D eigenvalue weighted by Gasteiger charge is 2.16. The minimum atomic E-state index is -0.414. The van der Waals surface area contributed by atoms with E-state index < -0.39 is 10.8 Å². The molecule has 0 atom stereocenters. The van der Waals surface area contributed by atoms with Gasteiger partial charge in [0.2, 0.25) is 0 Å². The highest BCUT2D eigenvalue weighted by atomic mass is 32.1. The highest BCUT2D eigenvalue weighted by Crippen LogP contribution is 2.28. The van der Waals surface area contributed by atoms with Crippen LogP contribution in [0.25, 0.3) is 0 Å². The monoisotopic (exact) mass is 361 g/mol. The van der Waals surface area contributed by atoms with E-state index in [1.807, 2.05) is 32.9 Å². The Bertz CT molecular complexity index is 814. The van der Waals surface area contributed by atoms with Crippen LogP contribution in [0.1, 0.15) is 27.8 Å². The van der Waals surface area contributed by atoms with Crippen molar-refractivity contribution in [2.45, 2.75) is 27.2 Å². The van der Waals surface area contributed by atoms with E-state index in [1.165, 1.54) is 23.6 Å². The van der Waals surface area contributed by atoms with Crippen LogP contribution < -0.4 is 10.2 Å². The molecule has 0 unspecified atom stereocenters. The van der Waals surface area contributed by atoms with Gasteiger partial charge in [-0.05, 0) is 43.5 Å². The van der Waals surface area contributed by atoms with Gasteiger partial charge in [0.1, 0.15) is 5.75 Å². The second-order valence-electron chi connectivity index (χ2n) is 5.40. The number of thiophene rings is 1. The topological polar surface area (TPSA) is 93.8 Å². The molecule has 7 nitrogen and oxygen atoms in total. The number of hydrazone groups is 1. The first-order valence-electron chi connectivity index (χ1n) is 7.69. The number of ether oxygens (including phenoxy) is 1. The predicted octanol–water partition coefficient (Wildman–Crippen LogP) is 3.36. The van der Waals surface area contributed by atoms with E-state index in [0.29, 0.717) is 21.9 Å². The van der Waals surface area contributed by atoms with Crippen LogP contribution in [0.15, 0.2) is 29.4 Å². The number of hydrogen-bond donors (Lipinski definition) is 1. The summed E-state index contributed by atoms with van der Waals surface area (Å²) in [5, 5.41) is 14.7. The lowest BCUT2D eigenvalue weighted by Gasteiger charge is -2.07. The maximum Gasteiger partial charge on any atom is 0.283 e. The van der Waals surface area contributed by atoms with Crippen molar-refractivity contribution >= 4 is 29.1 Å². The summed E-state index contributed by atoms with van der Waals surface area (Å²) in [4.78, 5) is 23.5. The molecule has 0 aliphatic carbocycles. The minimum Gasteiger partial charge on any atom is -0.484 e. The molecule has 0 bridgehead atoms. The summed E-state index contributed by atoms with van der Waals surface area (Å²) in [6.07, 6.45) is 1.97. The van der Waals surface area contributed by atoms with Gasteiger partial charge in [-0.15, -0.1) is 11.3 Å². The molecular weight excluding hydrogens is 342 g/mol. The lowest BCUT2D eigenvalue weighted by molar-refractivity contribution is -0.385. The second kappa shape index (κ2) is 8.39. The van der Waals surface area contributed by atoms with Crippen molar-refractivity contribution in [1.82, 2.24) is 5.43 Å². The van der Waals surface area contributed by atoms with E-state index in [9.17, 15) is 14.9 Å². The molecular formula is C17H19N3O4S. The van der Waals surface area contributed by atoms with Crippen molar-refractivity contribution < 1.29 is 14.5 Å². The maximum absolute atomic E-state index is 11.7. The van der Waals surface area contributed by atoms with Crippen molar-refractivity contribution in [1.29, 1.82) is 0 Å². The fourth-order valence-electron chi connectivity index (χ4n) is 2.06. The molecule has 0 aliphatic heterocycles. The van der Waals surface area contributed by atoms with Crippen molar-refractivity contribution in [3.63, 3.8) is 0 Å². The molecule has 1 aromatic heterocycles. The summed E-state index contributed by atoms with van der Waals surface area (Å²) in [6, 6.07) is 7.04. The highest BCUT2D eigenvalue weighted by molar-refractivity contribution is 7.14. The van der Waals surface area contributed by atoms with Crippen LogP contribution in [0.4, 0.5) is 5.69 Å². The number of carbonyl (C=O) groups is 1. The first-order valence-corrected chi connectivity index (χ1v) is 8.51. The van der Waals surface area contributed by atoms with Gasteiger partial charge in [-0.2, -0.15) is 5.10 Å². The fraction of sp³-hybridized carbons (Fsp3) is 0.294. The molecule has 1 N–H and O–H groups in total. The lowest BCUT2D eigenvalue weighted by atomic mass is 10.1. The molecule has 8 heteroatoms. The SMILES string of the molecule is CCc1sc(/C=N\NC(=O)COc2ccc(C)c(C)c2)cc1[N+](=O)[O-]. The van der Waals surface area contributed by atoms with Gasteiger partial charge < -0.3 is 4.74 Å². The van der Waals surface area contributed by atoms with Gasteiger partial charge in [0, 0.05) is 6.07 Å². The van der Waals surface area contributed by atoms with Crippen LogP contribution >= 0.6 is 11.3 Å². The van der Waals surface area contributed by atoms with Crippen LogP contribution in [-0.4, -0.2) is 23.7 Å². The maximum atomic E-state index is 11.7. The van der Waals surface area contributed by atoms with E-state index in [4.69, 9.17) is 4.74 Å². The summed E-state index contributed by atoms with van der Waals surface area (Å²) in [6.45, 7) is 5.66. The molecule has 0 spiro atoms. The van der Waals surface area contributed by atoms with Crippen molar-refractivity contribution in [3.8, 4) is 5.75 Å². The Morgan fingerprint density at radius 2 is 2.12 bits per heavy atom. The number of nitro groups is 1. The minimum absolute atomic E-state index is 0.0818. The predicted molar refractivity (Wildman–Crippen MR) is 97.5 cm³/mol. The van der Waals surface area contributed by atoms with Gasteiger partial charge in [0.25, 0.3) is 11.6 Å². The Morgan fingerprint density at radius 1 is 1.36 bits per heavy atom. The zero-order chi connectivity index (χ0) is 18.4. The smallest absolute Gasteiger partial charge is 0.283 e. The molecule has 0 radical (unpaired) electrons. The zero-order valence-corrected chi connectivity index (χ0v) is 15.1. The van der Waals surface area contributed by atoms with E-state index >= 15 is 0 Å². The average molecular weight is 361 g/mol. The number of rotatable bonds is 7. The molecule has 0 aliphatic rings. The standard InChI is InChI=1S/C17H19N3O4S/c1-4-16-15(20(22)23)8-14(25-16)9-18-19-17(21)10-24-13-6-5-11(2)12(3)7-13/h5-9H,4,10H2,1-3H3,(H,19,21)/b18-9-. The van der Waals surface area contributed by atoms with Crippen LogP contribution in [0.3, 0.4) is 0 Å². The third-order valence-corrected chi connectivity index (χ3v) is 4.76. The van der Waals surface area contributed by atoms with E-state index in [1.54, 1.807) is 6.07 Å². The number of carbonyl (C=O) groups excluding carboxylic acids is 1. The Kier molecular flexibility index (Phi) is 6.24. The molecule has 1 aromatic carbocycles. The number of benzene rings is 1. The first kappa shape index (κ1) is 18.6. The van der Waals surface area contributed by atoms with Gasteiger partial charge in [0.05, 0.1) is 20.9 Å². The Balaban J connectivity index is 1.88. The molecule has 0 fully saturated rings. The summed E-state index contributed by atoms with van der Waals surface area (Å²) in [5.74, 6) is 0.208. The van der Waals surface area contributed by atoms with Crippen molar-refractivity contribution in [2.75, 3.05) is 6.61 Å². The third-order valence-electron chi connectivity index (χ3n) is 3.55. The molecule has 132 valence electrons. The Morgan fingerprint density at radius 3 is 2.72 bits per heavy atom. The molecule has 25 heavy (non-hydrogen) atoms. The fourth-order valence-corrected chi connectivity index (χ4v) is 3.01. The van der Waals surface area contributed by atoms with Crippen LogP contribution in [0.2, 0.25) is 0 Å². The molecule has 0 saturated heterocycles. The molecule has 2 rings (SSSR count). The molecule has 0 saturated carbocycles. The van der Waals surface area contributed by atoms with Gasteiger partial charge in [-0.25, -0.2) is 5.43 Å². The molecule has 2 aromatic rings. The summed E-state index contributed by atoms with van der Waals surface area (Å²) < 4.78 is 5.41. The Labute approximate surface area is 149 Å². The van der Waals surface area contributed by atoms with Crippen molar-refractivity contribution in [2.24, 2.45) is 5.10 Å². The summed E-state index contributed by atoms with van der Waals surface area (Å²) in [7, 11) is 0. The van der Waals surface area contributed by atoms with Gasteiger partial charge in [-0.1, -0.05) is 13.0 Å². The first-order chi connectivity index (χ1) is 11.9. The van der Waals surface area contributed by atoms with E-state index in [2.05, 4.69) is 10.5 Å². The van der Waals surface area contributed by atoms with Gasteiger partial charge in [0.15, 0.2) is 6.61 Å². The normalized spacial score (nSPS) is 10.8. The summed E-state index contributed by atoms with van der Waals surface area (Å²) in [5.41, 5.74) is 4.66. The number of nitrogens with zero attached hydrogens (tertiary/aromatic N) is 2. The van der Waals surface area contributed by atoms with E-state index in [0.717, 1.165) is 11.1 Å². The number of nitrogens with one attached hydrogen (secondary N) is 1. The van der Waals surface area contributed by atoms with Crippen LogP contribution in [-0.2, 0) is 11.2 Å². The van der Waals surface area contributed by atoms with E-state index in [-0.39, 0.29) is 12.3 Å². The zero-order valence-electron chi connectivity index (χ0n) is 14.2. The Hall–Kier alpha value is -2.74. The number of hydrogen-bond acceptors (Lipinski definition) is 6. The molecule has 1 heterocycles. The quantitative estimate of drug-likeness (QED) is 0.465. The van der Waals surface area contributed by atoms with Crippen LogP contribution in [0, 0.1) is 24.0 Å².